The number of benzene rings is 1. The molecule has 0 saturated carbocycles. The van der Waals surface area contributed by atoms with Crippen molar-refractivity contribution in [2.45, 2.75) is 32.7 Å². The molecule has 0 spiro atoms. The Balaban J connectivity index is 1.91. The average Bonchev–Trinajstić information content (AvgIpc) is 2.83. The first kappa shape index (κ1) is 12.4. The van der Waals surface area contributed by atoms with Crippen LogP contribution < -0.4 is 5.32 Å². The van der Waals surface area contributed by atoms with E-state index < -0.39 is 0 Å². The molecule has 1 fully saturated rings. The van der Waals surface area contributed by atoms with Crippen LogP contribution in [0.1, 0.15) is 30.1 Å². The Morgan fingerprint density at radius 1 is 1.11 bits per heavy atom. The molecule has 0 bridgehead atoms. The molecule has 2 heterocycles. The van der Waals surface area contributed by atoms with Crippen LogP contribution in [0.4, 0.5) is 0 Å². The quantitative estimate of drug-likeness (QED) is 0.893. The van der Waals surface area contributed by atoms with Crippen LogP contribution in [0, 0.1) is 13.8 Å². The molecule has 0 atom stereocenters. The second-order valence-electron chi connectivity index (χ2n) is 5.44. The fraction of sp³-hybridized carbons (Fsp3) is 0.438. The Morgan fingerprint density at radius 3 is 2.47 bits per heavy atom. The van der Waals surface area contributed by atoms with Crippen molar-refractivity contribution in [2.24, 2.45) is 0 Å². The summed E-state index contributed by atoms with van der Waals surface area (Å²) in [6.07, 6.45) is 4.37. The maximum Gasteiger partial charge on any atom is 0.0571 e. The third kappa shape index (κ3) is 2.43. The van der Waals surface area contributed by atoms with Crippen molar-refractivity contribution < 1.29 is 0 Å². The van der Waals surface area contributed by atoms with Gasteiger partial charge in [-0.2, -0.15) is 5.10 Å². The normalized spacial score (nSPS) is 16.7. The predicted octanol–water partition coefficient (Wildman–Crippen LogP) is 3.09. The number of piperidine rings is 1. The van der Waals surface area contributed by atoms with Crippen LogP contribution in [0.5, 0.6) is 0 Å². The zero-order valence-electron chi connectivity index (χ0n) is 11.7. The zero-order chi connectivity index (χ0) is 13.2. The fourth-order valence-electron chi connectivity index (χ4n) is 2.86. The van der Waals surface area contributed by atoms with Crippen LogP contribution >= 0.6 is 0 Å². The van der Waals surface area contributed by atoms with E-state index in [1.807, 2.05) is 6.20 Å². The molecular weight excluding hydrogens is 234 g/mol. The zero-order valence-corrected chi connectivity index (χ0v) is 11.7. The highest BCUT2D eigenvalue weighted by Crippen LogP contribution is 2.27. The standard InChI is InChI=1S/C16H21N3/c1-12-3-5-14(6-4-12)16-11-18-19(13(16)2)15-7-9-17-10-8-15/h3-6,11,15,17H,7-10H2,1-2H3. The Morgan fingerprint density at radius 2 is 1.79 bits per heavy atom. The summed E-state index contributed by atoms with van der Waals surface area (Å²) in [6, 6.07) is 9.26. The van der Waals surface area contributed by atoms with Gasteiger partial charge in [0.15, 0.2) is 0 Å². The van der Waals surface area contributed by atoms with E-state index in [0.717, 1.165) is 13.1 Å². The first-order chi connectivity index (χ1) is 9.25. The van der Waals surface area contributed by atoms with Gasteiger partial charge in [0.2, 0.25) is 0 Å². The third-order valence-corrected chi connectivity index (χ3v) is 4.06. The minimum Gasteiger partial charge on any atom is -0.317 e. The monoisotopic (exact) mass is 255 g/mol. The molecule has 2 aromatic rings. The molecule has 1 aliphatic rings. The number of hydrogen-bond donors (Lipinski definition) is 1. The van der Waals surface area contributed by atoms with Gasteiger partial charge in [-0.05, 0) is 45.3 Å². The Labute approximate surface area is 114 Å². The highest BCUT2D eigenvalue weighted by molar-refractivity contribution is 5.65. The molecule has 0 radical (unpaired) electrons. The van der Waals surface area contributed by atoms with Gasteiger partial charge in [-0.15, -0.1) is 0 Å². The van der Waals surface area contributed by atoms with E-state index in [-0.39, 0.29) is 0 Å². The average molecular weight is 255 g/mol. The summed E-state index contributed by atoms with van der Waals surface area (Å²) >= 11 is 0. The molecule has 1 saturated heterocycles. The van der Waals surface area contributed by atoms with E-state index >= 15 is 0 Å². The minimum atomic E-state index is 0.556. The minimum absolute atomic E-state index is 0.556. The van der Waals surface area contributed by atoms with Gasteiger partial charge in [0.05, 0.1) is 12.2 Å². The molecule has 3 rings (SSSR count). The van der Waals surface area contributed by atoms with Crippen molar-refractivity contribution in [3.8, 4) is 11.1 Å². The number of nitrogens with one attached hydrogen (secondary N) is 1. The molecule has 1 aromatic heterocycles. The highest BCUT2D eigenvalue weighted by atomic mass is 15.3. The van der Waals surface area contributed by atoms with Crippen molar-refractivity contribution in [1.29, 1.82) is 0 Å². The van der Waals surface area contributed by atoms with Crippen LogP contribution in [0.2, 0.25) is 0 Å². The van der Waals surface area contributed by atoms with E-state index in [1.54, 1.807) is 0 Å². The van der Waals surface area contributed by atoms with Crippen LogP contribution in [-0.4, -0.2) is 22.9 Å². The summed E-state index contributed by atoms with van der Waals surface area (Å²) in [5.41, 5.74) is 5.12. The van der Waals surface area contributed by atoms with E-state index in [1.165, 1.54) is 35.2 Å². The van der Waals surface area contributed by atoms with E-state index in [2.05, 4.69) is 53.2 Å². The van der Waals surface area contributed by atoms with Crippen molar-refractivity contribution in [2.75, 3.05) is 13.1 Å². The summed E-state index contributed by atoms with van der Waals surface area (Å²) in [7, 11) is 0. The summed E-state index contributed by atoms with van der Waals surface area (Å²) in [6.45, 7) is 6.51. The highest BCUT2D eigenvalue weighted by Gasteiger charge is 2.19. The van der Waals surface area contributed by atoms with Crippen LogP contribution in [0.3, 0.4) is 0 Å². The van der Waals surface area contributed by atoms with Gasteiger partial charge in [-0.3, -0.25) is 4.68 Å². The SMILES string of the molecule is Cc1ccc(-c2cnn(C3CCNCC3)c2C)cc1. The van der Waals surface area contributed by atoms with Gasteiger partial charge >= 0.3 is 0 Å². The van der Waals surface area contributed by atoms with E-state index in [4.69, 9.17) is 0 Å². The maximum absolute atomic E-state index is 4.63. The Kier molecular flexibility index (Phi) is 3.38. The molecule has 3 nitrogen and oxygen atoms in total. The summed E-state index contributed by atoms with van der Waals surface area (Å²) in [4.78, 5) is 0. The van der Waals surface area contributed by atoms with E-state index in [9.17, 15) is 0 Å². The van der Waals surface area contributed by atoms with Crippen molar-refractivity contribution in [3.05, 3.63) is 41.7 Å². The molecule has 100 valence electrons. The Hall–Kier alpha value is -1.61. The second kappa shape index (κ2) is 5.17. The lowest BCUT2D eigenvalue weighted by molar-refractivity contribution is 0.338. The first-order valence-corrected chi connectivity index (χ1v) is 7.07. The van der Waals surface area contributed by atoms with Crippen LogP contribution in [0.15, 0.2) is 30.5 Å². The van der Waals surface area contributed by atoms with E-state index in [0.29, 0.717) is 6.04 Å². The smallest absolute Gasteiger partial charge is 0.0571 e. The number of nitrogens with zero attached hydrogens (tertiary/aromatic N) is 2. The molecule has 1 N–H and O–H groups in total. The van der Waals surface area contributed by atoms with Crippen molar-refractivity contribution in [3.63, 3.8) is 0 Å². The molecule has 3 heteroatoms. The number of hydrogen-bond acceptors (Lipinski definition) is 2. The van der Waals surface area contributed by atoms with Gasteiger partial charge in [0.1, 0.15) is 0 Å². The largest absolute Gasteiger partial charge is 0.317 e. The summed E-state index contributed by atoms with van der Waals surface area (Å²) < 4.78 is 2.22. The van der Waals surface area contributed by atoms with Gasteiger partial charge in [0.25, 0.3) is 0 Å². The molecule has 0 aliphatic carbocycles. The van der Waals surface area contributed by atoms with Gasteiger partial charge in [0, 0.05) is 11.3 Å². The van der Waals surface area contributed by atoms with Gasteiger partial charge < -0.3 is 5.32 Å². The number of aromatic nitrogens is 2. The molecule has 0 amide bonds. The topological polar surface area (TPSA) is 29.9 Å². The molecule has 19 heavy (non-hydrogen) atoms. The van der Waals surface area contributed by atoms with Gasteiger partial charge in [-0.1, -0.05) is 29.8 Å². The summed E-state index contributed by atoms with van der Waals surface area (Å²) in [5, 5.41) is 8.03. The Bertz CT molecular complexity index is 548. The number of rotatable bonds is 2. The van der Waals surface area contributed by atoms with Crippen molar-refractivity contribution in [1.82, 2.24) is 15.1 Å². The molecular formula is C16H21N3. The fourth-order valence-corrected chi connectivity index (χ4v) is 2.86. The van der Waals surface area contributed by atoms with Crippen LogP contribution in [-0.2, 0) is 0 Å². The molecule has 1 aliphatic heterocycles. The first-order valence-electron chi connectivity index (χ1n) is 7.07. The lowest BCUT2D eigenvalue weighted by atomic mass is 10.0. The lowest BCUT2D eigenvalue weighted by Crippen LogP contribution is -2.30. The molecule has 0 unspecified atom stereocenters. The maximum atomic E-state index is 4.63. The van der Waals surface area contributed by atoms with Gasteiger partial charge in [-0.25, -0.2) is 0 Å². The third-order valence-electron chi connectivity index (χ3n) is 4.06. The van der Waals surface area contributed by atoms with Crippen molar-refractivity contribution >= 4 is 0 Å². The summed E-state index contributed by atoms with van der Waals surface area (Å²) in [5.74, 6) is 0. The predicted molar refractivity (Wildman–Crippen MR) is 78.3 cm³/mol. The molecule has 1 aromatic carbocycles. The van der Waals surface area contributed by atoms with Crippen LogP contribution in [0.25, 0.3) is 11.1 Å². The second-order valence-corrected chi connectivity index (χ2v) is 5.44. The number of aryl methyl sites for hydroxylation is 1. The lowest BCUT2D eigenvalue weighted by Gasteiger charge is -2.24.